The number of ether oxygens (including phenoxy) is 3. The Bertz CT molecular complexity index is 1090. The molecular weight excluding hydrogens is 452 g/mol. The summed E-state index contributed by atoms with van der Waals surface area (Å²) in [7, 11) is 0. The van der Waals surface area contributed by atoms with Gasteiger partial charge in [0, 0.05) is 31.4 Å². The first-order valence-electron chi connectivity index (χ1n) is 11.9. The van der Waals surface area contributed by atoms with Crippen LogP contribution in [0.25, 0.3) is 0 Å². The molecule has 8 nitrogen and oxygen atoms in total. The number of aryl methyl sites for hydroxylation is 1. The van der Waals surface area contributed by atoms with E-state index in [1.54, 1.807) is 0 Å². The third-order valence-electron chi connectivity index (χ3n) is 5.53. The van der Waals surface area contributed by atoms with Crippen molar-refractivity contribution in [3.05, 3.63) is 53.1 Å². The molecule has 0 radical (unpaired) electrons. The van der Waals surface area contributed by atoms with Gasteiger partial charge in [-0.05, 0) is 36.8 Å². The molecule has 0 bridgehead atoms. The summed E-state index contributed by atoms with van der Waals surface area (Å²) in [4.78, 5) is 48.0. The van der Waals surface area contributed by atoms with Crippen molar-refractivity contribution in [1.82, 2.24) is 0 Å². The Hall–Kier alpha value is -3.68. The van der Waals surface area contributed by atoms with E-state index in [0.717, 1.165) is 11.1 Å². The molecule has 0 aromatic heterocycles. The molecular formula is C27H30O8. The zero-order valence-corrected chi connectivity index (χ0v) is 20.0. The Balaban J connectivity index is 1.85. The summed E-state index contributed by atoms with van der Waals surface area (Å²) in [6.07, 6.45) is 2.39. The first-order valence-corrected chi connectivity index (χ1v) is 11.9. The van der Waals surface area contributed by atoms with Gasteiger partial charge in [0.05, 0.1) is 6.42 Å². The Morgan fingerprint density at radius 2 is 1.63 bits per heavy atom. The van der Waals surface area contributed by atoms with Crippen LogP contribution in [-0.2, 0) is 20.8 Å². The number of benzene rings is 2. The number of Topliss-reactive ketones (excluding diaryl/α,β-unsaturated/α-hetero) is 1. The summed E-state index contributed by atoms with van der Waals surface area (Å²) in [5, 5.41) is 8.80. The molecule has 1 aliphatic heterocycles. The molecule has 2 aromatic carbocycles. The molecule has 1 N–H and O–H groups in total. The van der Waals surface area contributed by atoms with Crippen molar-refractivity contribution in [3.63, 3.8) is 0 Å². The lowest BCUT2D eigenvalue weighted by molar-refractivity contribution is -0.137. The van der Waals surface area contributed by atoms with Crippen LogP contribution in [0.5, 0.6) is 17.2 Å². The Morgan fingerprint density at radius 1 is 0.971 bits per heavy atom. The minimum atomic E-state index is -0.825. The van der Waals surface area contributed by atoms with Crippen LogP contribution in [0, 0.1) is 0 Å². The van der Waals surface area contributed by atoms with E-state index in [9.17, 15) is 19.2 Å². The molecule has 35 heavy (non-hydrogen) atoms. The molecule has 0 fully saturated rings. The molecule has 1 heterocycles. The minimum absolute atomic E-state index is 0.0254. The molecule has 1 unspecified atom stereocenters. The largest absolute Gasteiger partial charge is 0.484 e. The molecule has 186 valence electrons. The summed E-state index contributed by atoms with van der Waals surface area (Å²) in [6.45, 7) is 3.70. The lowest BCUT2D eigenvalue weighted by atomic mass is 9.94. The number of esters is 2. The first kappa shape index (κ1) is 25.9. The predicted octanol–water partition coefficient (Wildman–Crippen LogP) is 5.21. The van der Waals surface area contributed by atoms with Crippen molar-refractivity contribution in [2.24, 2.45) is 0 Å². The maximum atomic E-state index is 13.1. The maximum absolute atomic E-state index is 13.1. The Kier molecular flexibility index (Phi) is 9.00. The summed E-state index contributed by atoms with van der Waals surface area (Å²) >= 11 is 0. The second-order valence-corrected chi connectivity index (χ2v) is 8.47. The molecule has 0 amide bonds. The van der Waals surface area contributed by atoms with Crippen molar-refractivity contribution in [2.75, 3.05) is 0 Å². The van der Waals surface area contributed by atoms with E-state index in [-0.39, 0.29) is 54.3 Å². The number of carboxylic acid groups (broad SMARTS) is 1. The lowest BCUT2D eigenvalue weighted by Crippen LogP contribution is -2.22. The van der Waals surface area contributed by atoms with Crippen molar-refractivity contribution >= 4 is 23.7 Å². The Labute approximate surface area is 204 Å². The number of carbonyl (C=O) groups excluding carboxylic acids is 3. The summed E-state index contributed by atoms with van der Waals surface area (Å²) in [5.74, 6) is -1.63. The second kappa shape index (κ2) is 12.1. The smallest absolute Gasteiger partial charge is 0.311 e. The molecule has 1 aliphatic rings. The number of carboxylic acids is 1. The highest BCUT2D eigenvalue weighted by Gasteiger charge is 2.32. The predicted molar refractivity (Wildman–Crippen MR) is 127 cm³/mol. The van der Waals surface area contributed by atoms with Gasteiger partial charge in [-0.2, -0.15) is 0 Å². The Morgan fingerprint density at radius 3 is 2.26 bits per heavy atom. The fourth-order valence-corrected chi connectivity index (χ4v) is 3.83. The topological polar surface area (TPSA) is 116 Å². The van der Waals surface area contributed by atoms with Gasteiger partial charge in [0.2, 0.25) is 0 Å². The van der Waals surface area contributed by atoms with Gasteiger partial charge in [-0.3, -0.25) is 19.2 Å². The van der Waals surface area contributed by atoms with Gasteiger partial charge >= 0.3 is 17.9 Å². The number of ketones is 1. The van der Waals surface area contributed by atoms with Crippen LogP contribution < -0.4 is 14.2 Å². The quantitative estimate of drug-likeness (QED) is 0.343. The monoisotopic (exact) mass is 482 g/mol. The summed E-state index contributed by atoms with van der Waals surface area (Å²) in [6, 6.07) is 10.3. The van der Waals surface area contributed by atoms with Crippen LogP contribution in [0.4, 0.5) is 0 Å². The molecule has 0 spiro atoms. The highest BCUT2D eigenvalue weighted by molar-refractivity contribution is 6.03. The van der Waals surface area contributed by atoms with Crippen molar-refractivity contribution in [1.29, 1.82) is 0 Å². The average Bonchev–Trinajstić information content (AvgIpc) is 2.79. The van der Waals surface area contributed by atoms with Crippen LogP contribution in [0.2, 0.25) is 0 Å². The fourth-order valence-electron chi connectivity index (χ4n) is 3.83. The van der Waals surface area contributed by atoms with E-state index >= 15 is 0 Å². The number of carbonyl (C=O) groups is 4. The van der Waals surface area contributed by atoms with Crippen molar-refractivity contribution in [3.8, 4) is 17.2 Å². The van der Waals surface area contributed by atoms with Crippen LogP contribution in [0.15, 0.2) is 36.4 Å². The zero-order valence-electron chi connectivity index (χ0n) is 20.0. The summed E-state index contributed by atoms with van der Waals surface area (Å²) < 4.78 is 17.0. The third-order valence-corrected chi connectivity index (χ3v) is 5.53. The van der Waals surface area contributed by atoms with Crippen LogP contribution in [-0.4, -0.2) is 28.8 Å². The molecule has 0 saturated carbocycles. The fraction of sp³-hybridized carbons (Fsp3) is 0.407. The van der Waals surface area contributed by atoms with Gasteiger partial charge < -0.3 is 19.3 Å². The normalized spacial score (nSPS) is 14.6. The van der Waals surface area contributed by atoms with Gasteiger partial charge in [0.25, 0.3) is 0 Å². The maximum Gasteiger partial charge on any atom is 0.311 e. The van der Waals surface area contributed by atoms with Crippen molar-refractivity contribution < 1.29 is 38.5 Å². The van der Waals surface area contributed by atoms with E-state index in [4.69, 9.17) is 19.3 Å². The zero-order chi connectivity index (χ0) is 25.4. The number of hydrogen-bond acceptors (Lipinski definition) is 7. The molecule has 8 heteroatoms. The first-order chi connectivity index (χ1) is 16.8. The van der Waals surface area contributed by atoms with Gasteiger partial charge in [0.1, 0.15) is 28.9 Å². The number of fused-ring (bicyclic) bond motifs is 1. The van der Waals surface area contributed by atoms with Crippen LogP contribution >= 0.6 is 0 Å². The number of rotatable bonds is 11. The summed E-state index contributed by atoms with van der Waals surface area (Å²) in [5.41, 5.74) is 1.93. The average molecular weight is 483 g/mol. The highest BCUT2D eigenvalue weighted by Crippen LogP contribution is 2.42. The molecule has 1 atom stereocenters. The van der Waals surface area contributed by atoms with Crippen LogP contribution in [0.1, 0.15) is 86.4 Å². The van der Waals surface area contributed by atoms with E-state index in [2.05, 4.69) is 0 Å². The molecule has 3 rings (SSSR count). The second-order valence-electron chi connectivity index (χ2n) is 8.47. The third kappa shape index (κ3) is 7.15. The van der Waals surface area contributed by atoms with E-state index in [1.807, 2.05) is 38.1 Å². The molecule has 0 aliphatic carbocycles. The van der Waals surface area contributed by atoms with Gasteiger partial charge in [-0.25, -0.2) is 0 Å². The van der Waals surface area contributed by atoms with E-state index in [0.29, 0.717) is 25.7 Å². The SMILES string of the molecule is CCCC(=O)Oc1cc(OC(=O)CCC)c2c(c1)OC(c1ccc(CCCC(=O)O)cc1)CC2=O. The highest BCUT2D eigenvalue weighted by atomic mass is 16.6. The van der Waals surface area contributed by atoms with Crippen LogP contribution in [0.3, 0.4) is 0 Å². The van der Waals surface area contributed by atoms with E-state index < -0.39 is 24.0 Å². The lowest BCUT2D eigenvalue weighted by Gasteiger charge is -2.27. The minimum Gasteiger partial charge on any atom is -0.484 e. The van der Waals surface area contributed by atoms with E-state index in [1.165, 1.54) is 12.1 Å². The molecule has 0 saturated heterocycles. The molecule has 2 aromatic rings. The van der Waals surface area contributed by atoms with Gasteiger partial charge in [0.15, 0.2) is 5.78 Å². The van der Waals surface area contributed by atoms with Gasteiger partial charge in [-0.1, -0.05) is 38.1 Å². The number of aliphatic carboxylic acids is 1. The van der Waals surface area contributed by atoms with Crippen molar-refractivity contribution in [2.45, 2.75) is 71.3 Å². The van der Waals surface area contributed by atoms with Gasteiger partial charge in [-0.15, -0.1) is 0 Å². The number of hydrogen-bond donors (Lipinski definition) is 1. The standard InChI is InChI=1S/C27H30O8/c1-3-6-25(31)33-19-14-22-27(23(15-19)35-26(32)7-4-2)20(28)16-21(34-22)18-12-10-17(11-13-18)8-5-9-24(29)30/h10-15,21H,3-9,16H2,1-2H3,(H,29,30).